The van der Waals surface area contributed by atoms with Crippen LogP contribution < -0.4 is 5.73 Å². The van der Waals surface area contributed by atoms with Crippen LogP contribution in [0.3, 0.4) is 0 Å². The SMILES string of the molecule is CCCC[C@]1(C(=O)O)C[C@H]1[C@H](N)C(=O)O. The molecule has 0 aliphatic heterocycles. The predicted molar refractivity (Wildman–Crippen MR) is 53.3 cm³/mol. The molecule has 0 aromatic rings. The highest BCUT2D eigenvalue weighted by molar-refractivity contribution is 5.82. The Balaban J connectivity index is 2.65. The van der Waals surface area contributed by atoms with Crippen molar-refractivity contribution in [3.8, 4) is 0 Å². The van der Waals surface area contributed by atoms with Crippen LogP contribution in [0, 0.1) is 11.3 Å². The van der Waals surface area contributed by atoms with Crippen molar-refractivity contribution in [1.82, 2.24) is 0 Å². The molecule has 0 unspecified atom stereocenters. The lowest BCUT2D eigenvalue weighted by atomic mass is 9.93. The van der Waals surface area contributed by atoms with Crippen molar-refractivity contribution >= 4 is 11.9 Å². The third-order valence-electron chi connectivity index (χ3n) is 3.25. The minimum absolute atomic E-state index is 0.399. The summed E-state index contributed by atoms with van der Waals surface area (Å²) in [5, 5.41) is 17.8. The molecular weight excluding hydrogens is 198 g/mol. The van der Waals surface area contributed by atoms with Gasteiger partial charge in [-0.15, -0.1) is 0 Å². The first-order chi connectivity index (χ1) is 6.95. The lowest BCUT2D eigenvalue weighted by Crippen LogP contribution is -2.36. The second-order valence-corrected chi connectivity index (χ2v) is 4.24. The van der Waals surface area contributed by atoms with Crippen LogP contribution in [0.2, 0.25) is 0 Å². The first-order valence-electron chi connectivity index (χ1n) is 5.17. The number of hydrogen-bond acceptors (Lipinski definition) is 3. The normalized spacial score (nSPS) is 30.9. The van der Waals surface area contributed by atoms with Gasteiger partial charge in [-0.3, -0.25) is 9.59 Å². The van der Waals surface area contributed by atoms with Gasteiger partial charge < -0.3 is 15.9 Å². The molecule has 0 heterocycles. The molecule has 5 nitrogen and oxygen atoms in total. The maximum atomic E-state index is 11.1. The van der Waals surface area contributed by atoms with E-state index in [1.807, 2.05) is 6.92 Å². The molecule has 1 aliphatic carbocycles. The Morgan fingerprint density at radius 3 is 2.53 bits per heavy atom. The van der Waals surface area contributed by atoms with Gasteiger partial charge in [0.1, 0.15) is 6.04 Å². The van der Waals surface area contributed by atoms with Crippen molar-refractivity contribution in [3.05, 3.63) is 0 Å². The van der Waals surface area contributed by atoms with E-state index in [0.717, 1.165) is 12.8 Å². The molecule has 3 atom stereocenters. The van der Waals surface area contributed by atoms with Crippen LogP contribution in [-0.2, 0) is 9.59 Å². The molecule has 0 spiro atoms. The van der Waals surface area contributed by atoms with Crippen LogP contribution in [0.15, 0.2) is 0 Å². The van der Waals surface area contributed by atoms with Gasteiger partial charge in [0.15, 0.2) is 0 Å². The largest absolute Gasteiger partial charge is 0.481 e. The summed E-state index contributed by atoms with van der Waals surface area (Å²) in [6.45, 7) is 1.98. The molecule has 0 aromatic heterocycles. The summed E-state index contributed by atoms with van der Waals surface area (Å²) in [4.78, 5) is 21.7. The van der Waals surface area contributed by atoms with Crippen LogP contribution in [0.4, 0.5) is 0 Å². The van der Waals surface area contributed by atoms with Crippen LogP contribution in [0.5, 0.6) is 0 Å². The average molecular weight is 215 g/mol. The van der Waals surface area contributed by atoms with Crippen molar-refractivity contribution in [3.63, 3.8) is 0 Å². The number of rotatable bonds is 6. The maximum Gasteiger partial charge on any atom is 0.320 e. The zero-order valence-corrected chi connectivity index (χ0v) is 8.77. The van der Waals surface area contributed by atoms with Gasteiger partial charge in [0, 0.05) is 5.92 Å². The van der Waals surface area contributed by atoms with E-state index in [2.05, 4.69) is 0 Å². The van der Waals surface area contributed by atoms with E-state index in [0.29, 0.717) is 12.8 Å². The third kappa shape index (κ3) is 2.12. The van der Waals surface area contributed by atoms with Crippen molar-refractivity contribution in [2.45, 2.75) is 38.6 Å². The monoisotopic (exact) mass is 215 g/mol. The molecular formula is C10H17NO4. The summed E-state index contributed by atoms with van der Waals surface area (Å²) in [6, 6.07) is -1.04. The summed E-state index contributed by atoms with van der Waals surface area (Å²) in [7, 11) is 0. The minimum Gasteiger partial charge on any atom is -0.481 e. The summed E-state index contributed by atoms with van der Waals surface area (Å²) in [5.41, 5.74) is 4.58. The summed E-state index contributed by atoms with van der Waals surface area (Å²) in [5.74, 6) is -2.42. The number of carboxylic acid groups (broad SMARTS) is 2. The predicted octanol–water partition coefficient (Wildman–Crippen LogP) is 0.679. The molecule has 0 aromatic carbocycles. The van der Waals surface area contributed by atoms with E-state index < -0.39 is 29.3 Å². The molecule has 1 fully saturated rings. The van der Waals surface area contributed by atoms with Gasteiger partial charge in [-0.25, -0.2) is 0 Å². The fourth-order valence-electron chi connectivity index (χ4n) is 2.11. The highest BCUT2D eigenvalue weighted by Gasteiger charge is 2.63. The number of carboxylic acids is 2. The first kappa shape index (κ1) is 12.0. The Morgan fingerprint density at radius 2 is 2.13 bits per heavy atom. The molecule has 15 heavy (non-hydrogen) atoms. The van der Waals surface area contributed by atoms with E-state index in [9.17, 15) is 9.59 Å². The molecule has 0 bridgehead atoms. The summed E-state index contributed by atoms with van der Waals surface area (Å²) in [6.07, 6.45) is 2.64. The van der Waals surface area contributed by atoms with Gasteiger partial charge >= 0.3 is 11.9 Å². The smallest absolute Gasteiger partial charge is 0.320 e. The number of unbranched alkanes of at least 4 members (excludes halogenated alkanes) is 1. The Morgan fingerprint density at radius 1 is 1.53 bits per heavy atom. The standard InChI is InChI=1S/C10H17NO4/c1-2-3-4-10(9(14)15)5-6(10)7(11)8(12)13/h6-7H,2-5,11H2,1H3,(H,12,13)(H,14,15)/t6-,7-,10-/m0/s1. The van der Waals surface area contributed by atoms with Crippen molar-refractivity contribution in [2.24, 2.45) is 17.1 Å². The van der Waals surface area contributed by atoms with Gasteiger partial charge in [0.05, 0.1) is 5.41 Å². The Labute approximate surface area is 88.3 Å². The van der Waals surface area contributed by atoms with Crippen LogP contribution in [-0.4, -0.2) is 28.2 Å². The molecule has 1 rings (SSSR count). The van der Waals surface area contributed by atoms with Crippen molar-refractivity contribution in [2.75, 3.05) is 0 Å². The Bertz CT molecular complexity index is 279. The topological polar surface area (TPSA) is 101 Å². The fourth-order valence-corrected chi connectivity index (χ4v) is 2.11. The van der Waals surface area contributed by atoms with Gasteiger partial charge in [0.25, 0.3) is 0 Å². The lowest BCUT2D eigenvalue weighted by molar-refractivity contribution is -0.145. The first-order valence-corrected chi connectivity index (χ1v) is 5.17. The molecule has 5 heteroatoms. The van der Waals surface area contributed by atoms with Crippen LogP contribution >= 0.6 is 0 Å². The molecule has 0 saturated heterocycles. The Kier molecular flexibility index (Phi) is 3.34. The molecule has 0 radical (unpaired) electrons. The molecule has 4 N–H and O–H groups in total. The summed E-state index contributed by atoms with van der Waals surface area (Å²) < 4.78 is 0. The van der Waals surface area contributed by atoms with Gasteiger partial charge in [-0.2, -0.15) is 0 Å². The quantitative estimate of drug-likeness (QED) is 0.604. The number of carbonyl (C=O) groups is 2. The fraction of sp³-hybridized carbons (Fsp3) is 0.800. The highest BCUT2D eigenvalue weighted by atomic mass is 16.4. The van der Waals surface area contributed by atoms with Gasteiger partial charge in [-0.1, -0.05) is 19.8 Å². The summed E-state index contributed by atoms with van der Waals surface area (Å²) >= 11 is 0. The maximum absolute atomic E-state index is 11.1. The van der Waals surface area contributed by atoms with Crippen LogP contribution in [0.25, 0.3) is 0 Å². The number of nitrogens with two attached hydrogens (primary N) is 1. The molecule has 0 amide bonds. The average Bonchev–Trinajstić information content (AvgIpc) is 2.89. The van der Waals surface area contributed by atoms with E-state index in [-0.39, 0.29) is 0 Å². The van der Waals surface area contributed by atoms with E-state index in [1.54, 1.807) is 0 Å². The molecule has 86 valence electrons. The van der Waals surface area contributed by atoms with Gasteiger partial charge in [-0.05, 0) is 12.8 Å². The van der Waals surface area contributed by atoms with Crippen molar-refractivity contribution < 1.29 is 19.8 Å². The second-order valence-electron chi connectivity index (χ2n) is 4.24. The van der Waals surface area contributed by atoms with Crippen LogP contribution in [0.1, 0.15) is 32.6 Å². The molecule has 1 aliphatic rings. The molecule has 1 saturated carbocycles. The lowest BCUT2D eigenvalue weighted by Gasteiger charge is -2.13. The third-order valence-corrected chi connectivity index (χ3v) is 3.25. The minimum atomic E-state index is -1.11. The van der Waals surface area contributed by atoms with E-state index in [1.165, 1.54) is 0 Å². The van der Waals surface area contributed by atoms with Gasteiger partial charge in [0.2, 0.25) is 0 Å². The number of hydrogen-bond donors (Lipinski definition) is 3. The zero-order valence-electron chi connectivity index (χ0n) is 8.77. The van der Waals surface area contributed by atoms with E-state index >= 15 is 0 Å². The zero-order chi connectivity index (χ0) is 11.6. The Hall–Kier alpha value is -1.10. The number of aliphatic carboxylic acids is 2. The highest BCUT2D eigenvalue weighted by Crippen LogP contribution is 2.57. The second kappa shape index (κ2) is 4.18. The van der Waals surface area contributed by atoms with E-state index in [4.69, 9.17) is 15.9 Å². The van der Waals surface area contributed by atoms with Crippen molar-refractivity contribution in [1.29, 1.82) is 0 Å².